The van der Waals surface area contributed by atoms with Crippen molar-refractivity contribution in [2.75, 3.05) is 18.3 Å². The average Bonchev–Trinajstić information content (AvgIpc) is 2.47. The van der Waals surface area contributed by atoms with Crippen LogP contribution in [0.4, 0.5) is 14.6 Å². The Morgan fingerprint density at radius 1 is 1.24 bits per heavy atom. The van der Waals surface area contributed by atoms with E-state index < -0.39 is 11.6 Å². The Balaban J connectivity index is 2.05. The molecule has 0 spiro atoms. The van der Waals surface area contributed by atoms with Gasteiger partial charge in [-0.05, 0) is 18.4 Å². The maximum Gasteiger partial charge on any atom is 0.250 e. The number of hydrogen-bond donors (Lipinski definition) is 0. The van der Waals surface area contributed by atoms with E-state index in [1.165, 1.54) is 29.0 Å². The number of halogens is 2. The monoisotopic (exact) mass is 308 g/mol. The van der Waals surface area contributed by atoms with Gasteiger partial charge < -0.3 is 4.74 Å². The quantitative estimate of drug-likeness (QED) is 0.630. The van der Waals surface area contributed by atoms with Crippen LogP contribution in [0.3, 0.4) is 0 Å². The number of aromatic nitrogens is 2. The van der Waals surface area contributed by atoms with Gasteiger partial charge in [0.1, 0.15) is 17.2 Å². The van der Waals surface area contributed by atoms with Gasteiger partial charge in [-0.25, -0.2) is 18.8 Å². The van der Waals surface area contributed by atoms with Gasteiger partial charge >= 0.3 is 0 Å². The van der Waals surface area contributed by atoms with Crippen LogP contribution in [0.2, 0.25) is 0 Å². The second-order valence-electron chi connectivity index (χ2n) is 4.17. The standard InChI is InChI=1S/C13H10F2N4OS/c1-19-11-9(6-16-13(17-11)21-2)20-12(18-19)10-7(14)4-3-5-8(10)15/h3-6H,1-2H3. The molecular weight excluding hydrogens is 298 g/mol. The lowest BCUT2D eigenvalue weighted by atomic mass is 10.2. The van der Waals surface area contributed by atoms with E-state index in [1.54, 1.807) is 7.05 Å². The Labute approximate surface area is 123 Å². The Morgan fingerprint density at radius 2 is 1.95 bits per heavy atom. The Bertz CT molecular complexity index is 718. The Morgan fingerprint density at radius 3 is 2.62 bits per heavy atom. The molecule has 0 amide bonds. The summed E-state index contributed by atoms with van der Waals surface area (Å²) >= 11 is 1.37. The van der Waals surface area contributed by atoms with Gasteiger partial charge in [-0.2, -0.15) is 4.98 Å². The predicted molar refractivity (Wildman–Crippen MR) is 75.7 cm³/mol. The molecule has 0 N–H and O–H groups in total. The third-order valence-corrected chi connectivity index (χ3v) is 3.39. The minimum Gasteiger partial charge on any atom is -0.431 e. The van der Waals surface area contributed by atoms with E-state index in [2.05, 4.69) is 15.1 Å². The summed E-state index contributed by atoms with van der Waals surface area (Å²) in [6.45, 7) is 0. The van der Waals surface area contributed by atoms with Crippen molar-refractivity contribution < 1.29 is 13.5 Å². The SMILES string of the molecule is CSc1ncc2c(n1)N(C)N=C(c1c(F)cccc1F)O2. The predicted octanol–water partition coefficient (Wildman–Crippen LogP) is 2.67. The molecule has 0 atom stereocenters. The van der Waals surface area contributed by atoms with E-state index in [4.69, 9.17) is 4.74 Å². The molecule has 21 heavy (non-hydrogen) atoms. The molecule has 0 fully saturated rings. The molecular formula is C13H10F2N4OS. The lowest BCUT2D eigenvalue weighted by molar-refractivity contribution is 0.502. The van der Waals surface area contributed by atoms with Crippen LogP contribution in [-0.2, 0) is 0 Å². The van der Waals surface area contributed by atoms with E-state index in [-0.39, 0.29) is 11.5 Å². The van der Waals surface area contributed by atoms with Crippen LogP contribution < -0.4 is 9.75 Å². The molecule has 8 heteroatoms. The molecule has 0 bridgehead atoms. The second-order valence-corrected chi connectivity index (χ2v) is 4.95. The number of hydrogen-bond acceptors (Lipinski definition) is 6. The molecule has 2 heterocycles. The molecule has 0 saturated heterocycles. The number of anilines is 1. The van der Waals surface area contributed by atoms with Crippen molar-refractivity contribution >= 4 is 23.5 Å². The Hall–Kier alpha value is -2.22. The first-order valence-corrected chi connectivity index (χ1v) is 7.18. The lowest BCUT2D eigenvalue weighted by Crippen LogP contribution is -2.27. The summed E-state index contributed by atoms with van der Waals surface area (Å²) in [6.07, 6.45) is 3.30. The van der Waals surface area contributed by atoms with Crippen LogP contribution in [0, 0.1) is 11.6 Å². The molecule has 5 nitrogen and oxygen atoms in total. The first kappa shape index (κ1) is 13.7. The zero-order valence-electron chi connectivity index (χ0n) is 11.2. The number of nitrogens with zero attached hydrogens (tertiary/aromatic N) is 4. The normalized spacial score (nSPS) is 13.5. The summed E-state index contributed by atoms with van der Waals surface area (Å²) in [5.74, 6) is -0.918. The molecule has 0 aliphatic carbocycles. The fourth-order valence-electron chi connectivity index (χ4n) is 1.86. The summed E-state index contributed by atoms with van der Waals surface area (Å²) in [7, 11) is 1.62. The van der Waals surface area contributed by atoms with Crippen molar-refractivity contribution in [3.05, 3.63) is 41.6 Å². The topological polar surface area (TPSA) is 50.6 Å². The van der Waals surface area contributed by atoms with E-state index in [1.807, 2.05) is 6.26 Å². The van der Waals surface area contributed by atoms with E-state index in [0.717, 1.165) is 12.1 Å². The zero-order valence-corrected chi connectivity index (χ0v) is 12.0. The maximum absolute atomic E-state index is 13.8. The third-order valence-electron chi connectivity index (χ3n) is 2.83. The minimum absolute atomic E-state index is 0.166. The summed E-state index contributed by atoms with van der Waals surface area (Å²) in [4.78, 5) is 8.32. The number of thioether (sulfide) groups is 1. The summed E-state index contributed by atoms with van der Waals surface area (Å²) in [5.41, 5.74) is -0.316. The van der Waals surface area contributed by atoms with Crippen LogP contribution in [0.5, 0.6) is 5.75 Å². The lowest BCUT2D eigenvalue weighted by Gasteiger charge is -2.23. The fourth-order valence-corrected chi connectivity index (χ4v) is 2.20. The van der Waals surface area contributed by atoms with Gasteiger partial charge in [0.2, 0.25) is 5.90 Å². The van der Waals surface area contributed by atoms with Crippen LogP contribution in [-0.4, -0.2) is 29.2 Å². The highest BCUT2D eigenvalue weighted by atomic mass is 32.2. The van der Waals surface area contributed by atoms with Gasteiger partial charge in [0.25, 0.3) is 0 Å². The molecule has 3 rings (SSSR count). The number of benzene rings is 1. The highest BCUT2D eigenvalue weighted by molar-refractivity contribution is 7.98. The molecule has 0 radical (unpaired) electrons. The molecule has 1 aliphatic heterocycles. The minimum atomic E-state index is -0.743. The summed E-state index contributed by atoms with van der Waals surface area (Å²) in [6, 6.07) is 3.57. The smallest absolute Gasteiger partial charge is 0.250 e. The second kappa shape index (κ2) is 5.28. The van der Waals surface area contributed by atoms with Crippen molar-refractivity contribution in [2.45, 2.75) is 5.16 Å². The molecule has 0 saturated carbocycles. The highest BCUT2D eigenvalue weighted by Gasteiger charge is 2.26. The largest absolute Gasteiger partial charge is 0.431 e. The fraction of sp³-hybridized carbons (Fsp3) is 0.154. The van der Waals surface area contributed by atoms with Crippen molar-refractivity contribution in [3.8, 4) is 5.75 Å². The Kier molecular flexibility index (Phi) is 3.46. The number of hydrazone groups is 1. The van der Waals surface area contributed by atoms with Crippen LogP contribution in [0.25, 0.3) is 0 Å². The first-order chi connectivity index (χ1) is 10.1. The van der Waals surface area contributed by atoms with E-state index in [0.29, 0.717) is 16.7 Å². The average molecular weight is 308 g/mol. The highest BCUT2D eigenvalue weighted by Crippen LogP contribution is 2.31. The first-order valence-electron chi connectivity index (χ1n) is 5.95. The van der Waals surface area contributed by atoms with Crippen LogP contribution >= 0.6 is 11.8 Å². The summed E-state index contributed by atoms with van der Waals surface area (Å²) < 4.78 is 33.0. The molecule has 1 aliphatic rings. The van der Waals surface area contributed by atoms with Crippen molar-refractivity contribution in [3.63, 3.8) is 0 Å². The molecule has 108 valence electrons. The molecule has 1 aromatic heterocycles. The van der Waals surface area contributed by atoms with Crippen LogP contribution in [0.1, 0.15) is 5.56 Å². The van der Waals surface area contributed by atoms with Crippen molar-refractivity contribution in [1.82, 2.24) is 9.97 Å². The zero-order chi connectivity index (χ0) is 15.0. The van der Waals surface area contributed by atoms with Gasteiger partial charge in [0, 0.05) is 7.05 Å². The van der Waals surface area contributed by atoms with E-state index in [9.17, 15) is 8.78 Å². The number of rotatable bonds is 2. The van der Waals surface area contributed by atoms with Gasteiger partial charge in [-0.1, -0.05) is 17.8 Å². The summed E-state index contributed by atoms with van der Waals surface area (Å²) in [5, 5.41) is 6.00. The molecule has 0 unspecified atom stereocenters. The van der Waals surface area contributed by atoms with Gasteiger partial charge in [-0.15, -0.1) is 5.10 Å². The third kappa shape index (κ3) is 2.42. The van der Waals surface area contributed by atoms with Crippen molar-refractivity contribution in [2.24, 2.45) is 5.10 Å². The van der Waals surface area contributed by atoms with Gasteiger partial charge in [-0.3, -0.25) is 0 Å². The maximum atomic E-state index is 13.8. The number of fused-ring (bicyclic) bond motifs is 1. The van der Waals surface area contributed by atoms with E-state index >= 15 is 0 Å². The van der Waals surface area contributed by atoms with Crippen molar-refractivity contribution in [1.29, 1.82) is 0 Å². The number of ether oxygens (including phenoxy) is 1. The van der Waals surface area contributed by atoms with Gasteiger partial charge in [0.05, 0.1) is 6.20 Å². The molecule has 1 aromatic carbocycles. The van der Waals surface area contributed by atoms with Crippen LogP contribution in [0.15, 0.2) is 34.7 Å². The molecule has 2 aromatic rings. The van der Waals surface area contributed by atoms with Gasteiger partial charge in [0.15, 0.2) is 16.7 Å².